The number of carbonyl (C=O) groups excluding carboxylic acids is 1. The molecule has 0 aliphatic rings. The van der Waals surface area contributed by atoms with Crippen LogP contribution in [0.2, 0.25) is 0 Å². The van der Waals surface area contributed by atoms with Crippen LogP contribution in [0.5, 0.6) is 0 Å². The first kappa shape index (κ1) is 15.6. The minimum Gasteiger partial charge on any atom is -0.356 e. The summed E-state index contributed by atoms with van der Waals surface area (Å²) in [4.78, 5) is 20.3. The quantitative estimate of drug-likeness (QED) is 0.855. The zero-order chi connectivity index (χ0) is 15.1. The second-order valence-corrected chi connectivity index (χ2v) is 6.41. The molecule has 2 heterocycles. The van der Waals surface area contributed by atoms with Crippen molar-refractivity contribution in [2.24, 2.45) is 5.92 Å². The van der Waals surface area contributed by atoms with Gasteiger partial charge in [0.1, 0.15) is 0 Å². The molecule has 112 valence electrons. The van der Waals surface area contributed by atoms with E-state index < -0.39 is 0 Å². The van der Waals surface area contributed by atoms with E-state index in [-0.39, 0.29) is 5.91 Å². The van der Waals surface area contributed by atoms with E-state index in [0.29, 0.717) is 12.3 Å². The van der Waals surface area contributed by atoms with Gasteiger partial charge in [0.15, 0.2) is 0 Å². The van der Waals surface area contributed by atoms with Gasteiger partial charge in [0.2, 0.25) is 5.91 Å². The summed E-state index contributed by atoms with van der Waals surface area (Å²) in [6, 6.07) is 4.04. The Morgan fingerprint density at radius 2 is 2.05 bits per heavy atom. The molecular weight excluding hydrogens is 282 g/mol. The number of aromatic nitrogens is 2. The lowest BCUT2D eigenvalue weighted by Gasteiger charge is -2.06. The lowest BCUT2D eigenvalue weighted by atomic mass is 10.1. The highest BCUT2D eigenvalue weighted by Gasteiger charge is 2.08. The van der Waals surface area contributed by atoms with E-state index in [1.807, 2.05) is 29.9 Å². The van der Waals surface area contributed by atoms with Crippen LogP contribution < -0.4 is 5.32 Å². The minimum absolute atomic E-state index is 0.0506. The molecule has 0 atom stereocenters. The molecule has 1 N–H and O–H groups in total. The highest BCUT2D eigenvalue weighted by molar-refractivity contribution is 7.09. The predicted octanol–water partition coefficient (Wildman–Crippen LogP) is 2.64. The van der Waals surface area contributed by atoms with Gasteiger partial charge in [-0.1, -0.05) is 13.8 Å². The second kappa shape index (κ2) is 7.88. The zero-order valence-corrected chi connectivity index (χ0v) is 13.3. The number of pyridine rings is 1. The van der Waals surface area contributed by atoms with E-state index in [0.717, 1.165) is 30.1 Å². The summed E-state index contributed by atoms with van der Waals surface area (Å²) in [6.07, 6.45) is 5.85. The number of nitrogens with zero attached hydrogens (tertiary/aromatic N) is 2. The van der Waals surface area contributed by atoms with Crippen molar-refractivity contribution in [3.63, 3.8) is 0 Å². The Bertz CT molecular complexity index is 566. The van der Waals surface area contributed by atoms with Crippen LogP contribution in [0.15, 0.2) is 29.9 Å². The molecular formula is C16H21N3OS. The minimum atomic E-state index is 0.0506. The van der Waals surface area contributed by atoms with E-state index in [1.54, 1.807) is 11.3 Å². The summed E-state index contributed by atoms with van der Waals surface area (Å²) in [5.41, 5.74) is 2.13. The molecule has 0 spiro atoms. The van der Waals surface area contributed by atoms with E-state index >= 15 is 0 Å². The molecule has 0 aromatic carbocycles. The van der Waals surface area contributed by atoms with Crippen LogP contribution in [0.1, 0.15) is 30.1 Å². The second-order valence-electron chi connectivity index (χ2n) is 5.46. The third-order valence-corrected chi connectivity index (χ3v) is 3.98. The smallest absolute Gasteiger partial charge is 0.226 e. The number of thiazole rings is 1. The molecule has 2 aromatic heterocycles. The molecule has 2 aromatic rings. The van der Waals surface area contributed by atoms with Crippen molar-refractivity contribution in [2.75, 3.05) is 6.54 Å². The summed E-state index contributed by atoms with van der Waals surface area (Å²) in [7, 11) is 0. The predicted molar refractivity (Wildman–Crippen MR) is 85.3 cm³/mol. The largest absolute Gasteiger partial charge is 0.356 e. The highest BCUT2D eigenvalue weighted by Crippen LogP contribution is 2.13. The van der Waals surface area contributed by atoms with Gasteiger partial charge >= 0.3 is 0 Å². The summed E-state index contributed by atoms with van der Waals surface area (Å²) >= 11 is 1.63. The average molecular weight is 303 g/mol. The third kappa shape index (κ3) is 5.63. The van der Waals surface area contributed by atoms with Gasteiger partial charge in [0.05, 0.1) is 17.1 Å². The van der Waals surface area contributed by atoms with E-state index in [1.165, 1.54) is 5.56 Å². The van der Waals surface area contributed by atoms with Crippen LogP contribution in [0.25, 0.3) is 0 Å². The molecule has 0 radical (unpaired) electrons. The number of rotatable bonds is 7. The SMILES string of the molecule is CC(C)CNC(=O)Cc1csc(CCc2ccncc2)n1. The molecule has 5 heteroatoms. The van der Waals surface area contributed by atoms with E-state index in [9.17, 15) is 4.79 Å². The molecule has 0 aliphatic carbocycles. The Kier molecular flexibility index (Phi) is 5.87. The average Bonchev–Trinajstić information content (AvgIpc) is 2.91. The summed E-state index contributed by atoms with van der Waals surface area (Å²) in [6.45, 7) is 4.89. The monoisotopic (exact) mass is 303 g/mol. The molecule has 0 fully saturated rings. The topological polar surface area (TPSA) is 54.9 Å². The van der Waals surface area contributed by atoms with Crippen LogP contribution >= 0.6 is 11.3 Å². The van der Waals surface area contributed by atoms with E-state index in [4.69, 9.17) is 0 Å². The molecule has 0 saturated heterocycles. The maximum Gasteiger partial charge on any atom is 0.226 e. The number of aryl methyl sites for hydroxylation is 2. The van der Waals surface area contributed by atoms with Crippen molar-refractivity contribution < 1.29 is 4.79 Å². The molecule has 0 saturated carbocycles. The van der Waals surface area contributed by atoms with Crippen LogP contribution in [0, 0.1) is 5.92 Å². The van der Waals surface area contributed by atoms with Crippen molar-refractivity contribution in [2.45, 2.75) is 33.1 Å². The van der Waals surface area contributed by atoms with Gasteiger partial charge in [-0.2, -0.15) is 0 Å². The van der Waals surface area contributed by atoms with Crippen LogP contribution in [-0.2, 0) is 24.1 Å². The first-order chi connectivity index (χ1) is 10.1. The van der Waals surface area contributed by atoms with Crippen molar-refractivity contribution in [1.29, 1.82) is 0 Å². The van der Waals surface area contributed by atoms with Gasteiger partial charge in [-0.3, -0.25) is 9.78 Å². The first-order valence-electron chi connectivity index (χ1n) is 7.22. The van der Waals surface area contributed by atoms with Gasteiger partial charge in [-0.15, -0.1) is 11.3 Å². The Morgan fingerprint density at radius 3 is 2.76 bits per heavy atom. The lowest BCUT2D eigenvalue weighted by molar-refractivity contribution is -0.120. The molecule has 0 unspecified atom stereocenters. The van der Waals surface area contributed by atoms with Crippen LogP contribution in [0.3, 0.4) is 0 Å². The number of hydrogen-bond donors (Lipinski definition) is 1. The van der Waals surface area contributed by atoms with Crippen molar-refractivity contribution in [3.8, 4) is 0 Å². The summed E-state index contributed by atoms with van der Waals surface area (Å²) < 4.78 is 0. The molecule has 4 nitrogen and oxygen atoms in total. The fourth-order valence-corrected chi connectivity index (χ4v) is 2.69. The van der Waals surface area contributed by atoms with E-state index in [2.05, 4.69) is 29.1 Å². The van der Waals surface area contributed by atoms with Crippen LogP contribution in [-0.4, -0.2) is 22.4 Å². The summed E-state index contributed by atoms with van der Waals surface area (Å²) in [5.74, 6) is 0.523. The molecule has 21 heavy (non-hydrogen) atoms. The lowest BCUT2D eigenvalue weighted by Crippen LogP contribution is -2.28. The third-order valence-electron chi connectivity index (χ3n) is 3.03. The van der Waals surface area contributed by atoms with Crippen molar-refractivity contribution >= 4 is 17.2 Å². The van der Waals surface area contributed by atoms with Gasteiger partial charge in [0.25, 0.3) is 0 Å². The zero-order valence-electron chi connectivity index (χ0n) is 12.5. The van der Waals surface area contributed by atoms with Crippen molar-refractivity contribution in [1.82, 2.24) is 15.3 Å². The Hall–Kier alpha value is -1.75. The molecule has 0 aliphatic heterocycles. The highest BCUT2D eigenvalue weighted by atomic mass is 32.1. The fourth-order valence-electron chi connectivity index (χ4n) is 1.89. The number of carbonyl (C=O) groups is 1. The Morgan fingerprint density at radius 1 is 1.29 bits per heavy atom. The molecule has 1 amide bonds. The van der Waals surface area contributed by atoms with Gasteiger partial charge in [0, 0.05) is 30.7 Å². The maximum atomic E-state index is 11.8. The molecule has 2 rings (SSSR count). The van der Waals surface area contributed by atoms with Crippen molar-refractivity contribution in [3.05, 3.63) is 46.2 Å². The maximum absolute atomic E-state index is 11.8. The normalized spacial score (nSPS) is 10.8. The van der Waals surface area contributed by atoms with Gasteiger partial charge < -0.3 is 5.32 Å². The summed E-state index contributed by atoms with van der Waals surface area (Å²) in [5, 5.41) is 5.98. The van der Waals surface area contributed by atoms with Crippen LogP contribution in [0.4, 0.5) is 0 Å². The Labute approximate surface area is 129 Å². The number of amides is 1. The van der Waals surface area contributed by atoms with Gasteiger partial charge in [-0.05, 0) is 30.0 Å². The Balaban J connectivity index is 1.80. The first-order valence-corrected chi connectivity index (χ1v) is 8.10. The molecule has 0 bridgehead atoms. The van der Waals surface area contributed by atoms with Gasteiger partial charge in [-0.25, -0.2) is 4.98 Å². The standard InChI is InChI=1S/C16H21N3OS/c1-12(2)10-18-15(20)9-14-11-21-16(19-14)4-3-13-5-7-17-8-6-13/h5-8,11-12H,3-4,9-10H2,1-2H3,(H,18,20). The number of hydrogen-bond acceptors (Lipinski definition) is 4. The number of nitrogens with one attached hydrogen (secondary N) is 1. The fraction of sp³-hybridized carbons (Fsp3) is 0.438.